The number of hydrogen-bond acceptors (Lipinski definition) is 8. The van der Waals surface area contributed by atoms with E-state index in [0.29, 0.717) is 30.2 Å². The molecule has 4 rings (SSSR count). The van der Waals surface area contributed by atoms with Gasteiger partial charge in [0.05, 0.1) is 18.8 Å². The minimum Gasteiger partial charge on any atom is -0.486 e. The first-order chi connectivity index (χ1) is 14.4. The predicted octanol–water partition coefficient (Wildman–Crippen LogP) is 3.47. The van der Waals surface area contributed by atoms with E-state index < -0.39 is 0 Å². The fraction of sp³-hybridized carbons (Fsp3) is 0.500. The minimum atomic E-state index is -0.207. The van der Waals surface area contributed by atoms with Crippen molar-refractivity contribution in [3.63, 3.8) is 0 Å². The van der Waals surface area contributed by atoms with Gasteiger partial charge in [-0.25, -0.2) is 9.97 Å². The van der Waals surface area contributed by atoms with E-state index in [-0.39, 0.29) is 5.54 Å². The van der Waals surface area contributed by atoms with Gasteiger partial charge in [-0.3, -0.25) is 0 Å². The fourth-order valence-electron chi connectivity index (χ4n) is 4.17. The molecule has 2 aromatic heterocycles. The maximum Gasteiger partial charge on any atom is 0.225 e. The molecule has 0 unspecified atom stereocenters. The van der Waals surface area contributed by atoms with Gasteiger partial charge in [-0.15, -0.1) is 0 Å². The summed E-state index contributed by atoms with van der Waals surface area (Å²) in [5.41, 5.74) is 1.87. The Kier molecular flexibility index (Phi) is 5.40. The predicted molar refractivity (Wildman–Crippen MR) is 119 cm³/mol. The number of allylic oxidation sites excluding steroid dienone is 1. The molecular formula is C22H30N6O2. The summed E-state index contributed by atoms with van der Waals surface area (Å²) in [4.78, 5) is 18.0. The summed E-state index contributed by atoms with van der Waals surface area (Å²) in [6.45, 7) is 12.9. The van der Waals surface area contributed by atoms with Gasteiger partial charge in [-0.05, 0) is 39.7 Å². The first-order valence-corrected chi connectivity index (χ1v) is 10.3. The van der Waals surface area contributed by atoms with Crippen LogP contribution in [-0.2, 0) is 0 Å². The van der Waals surface area contributed by atoms with Gasteiger partial charge >= 0.3 is 0 Å². The molecule has 2 aliphatic rings. The zero-order valence-corrected chi connectivity index (χ0v) is 18.2. The highest BCUT2D eigenvalue weighted by Gasteiger charge is 2.36. The molecule has 1 N–H and O–H groups in total. The van der Waals surface area contributed by atoms with Gasteiger partial charge in [0.25, 0.3) is 0 Å². The summed E-state index contributed by atoms with van der Waals surface area (Å²) >= 11 is 0. The van der Waals surface area contributed by atoms with Crippen LogP contribution in [0.2, 0.25) is 0 Å². The highest BCUT2D eigenvalue weighted by atomic mass is 16.5. The molecule has 160 valence electrons. The summed E-state index contributed by atoms with van der Waals surface area (Å²) in [7, 11) is 1.64. The van der Waals surface area contributed by atoms with E-state index in [4.69, 9.17) is 14.5 Å². The molecule has 0 aliphatic carbocycles. The number of piperidine rings is 1. The van der Waals surface area contributed by atoms with Crippen molar-refractivity contribution in [3.05, 3.63) is 36.8 Å². The van der Waals surface area contributed by atoms with Crippen molar-refractivity contribution in [3.8, 4) is 11.6 Å². The minimum absolute atomic E-state index is 0.207. The van der Waals surface area contributed by atoms with Crippen LogP contribution >= 0.6 is 0 Å². The first-order valence-electron chi connectivity index (χ1n) is 10.3. The Balaban J connectivity index is 1.44. The maximum absolute atomic E-state index is 5.89. The number of methoxy groups -OCH3 is 1. The van der Waals surface area contributed by atoms with E-state index in [0.717, 1.165) is 43.1 Å². The van der Waals surface area contributed by atoms with Crippen LogP contribution in [-0.4, -0.2) is 53.3 Å². The second kappa shape index (κ2) is 8.01. The van der Waals surface area contributed by atoms with Gasteiger partial charge in [0.1, 0.15) is 6.61 Å². The van der Waals surface area contributed by atoms with E-state index >= 15 is 0 Å². The molecule has 8 heteroatoms. The van der Waals surface area contributed by atoms with Crippen molar-refractivity contribution >= 4 is 17.5 Å². The van der Waals surface area contributed by atoms with E-state index in [1.165, 1.54) is 0 Å². The Bertz CT molecular complexity index is 924. The molecule has 2 aromatic rings. The van der Waals surface area contributed by atoms with Gasteiger partial charge in [0, 0.05) is 42.8 Å². The molecule has 2 aliphatic heterocycles. The number of fused-ring (bicyclic) bond motifs is 1. The van der Waals surface area contributed by atoms with Gasteiger partial charge < -0.3 is 24.6 Å². The summed E-state index contributed by atoms with van der Waals surface area (Å²) < 4.78 is 11.1. The highest BCUT2D eigenvalue weighted by Crippen LogP contribution is 2.38. The average molecular weight is 411 g/mol. The lowest BCUT2D eigenvalue weighted by Crippen LogP contribution is -2.50. The van der Waals surface area contributed by atoms with Gasteiger partial charge in [-0.1, -0.05) is 6.58 Å². The SMILES string of the molecule is C=C(C)N1c2nc(NC3CCN(c4ccnc(OC)c4)CC3)ncc2OCC1(C)C. The van der Waals surface area contributed by atoms with E-state index in [1.54, 1.807) is 19.5 Å². The Morgan fingerprint density at radius 2 is 2.07 bits per heavy atom. The number of rotatable bonds is 5. The van der Waals surface area contributed by atoms with Crippen molar-refractivity contribution in [2.24, 2.45) is 0 Å². The van der Waals surface area contributed by atoms with Gasteiger partial charge in [-0.2, -0.15) is 4.98 Å². The topological polar surface area (TPSA) is 75.6 Å². The van der Waals surface area contributed by atoms with Crippen molar-refractivity contribution in [2.45, 2.75) is 45.2 Å². The summed E-state index contributed by atoms with van der Waals surface area (Å²) in [6.07, 6.45) is 5.54. The number of aromatic nitrogens is 3. The third-order valence-electron chi connectivity index (χ3n) is 5.64. The lowest BCUT2D eigenvalue weighted by atomic mass is 10.0. The Morgan fingerprint density at radius 1 is 1.30 bits per heavy atom. The van der Waals surface area contributed by atoms with E-state index in [1.807, 2.05) is 19.1 Å². The Labute approximate surface area is 177 Å². The number of nitrogens with zero attached hydrogens (tertiary/aromatic N) is 5. The third-order valence-corrected chi connectivity index (χ3v) is 5.64. The molecule has 4 heterocycles. The fourth-order valence-corrected chi connectivity index (χ4v) is 4.17. The average Bonchev–Trinajstić information content (AvgIpc) is 2.73. The Hall–Kier alpha value is -3.03. The molecule has 1 saturated heterocycles. The summed E-state index contributed by atoms with van der Waals surface area (Å²) in [6, 6.07) is 4.32. The lowest BCUT2D eigenvalue weighted by molar-refractivity contribution is 0.216. The lowest BCUT2D eigenvalue weighted by Gasteiger charge is -2.43. The summed E-state index contributed by atoms with van der Waals surface area (Å²) in [5.74, 6) is 2.75. The van der Waals surface area contributed by atoms with E-state index in [2.05, 4.69) is 45.5 Å². The van der Waals surface area contributed by atoms with Crippen molar-refractivity contribution in [1.82, 2.24) is 15.0 Å². The molecule has 1 fully saturated rings. The molecule has 0 saturated carbocycles. The second-order valence-corrected chi connectivity index (χ2v) is 8.52. The number of hydrogen-bond donors (Lipinski definition) is 1. The molecule has 0 spiro atoms. The first kappa shape index (κ1) is 20.3. The van der Waals surface area contributed by atoms with Gasteiger partial charge in [0.2, 0.25) is 11.8 Å². The quantitative estimate of drug-likeness (QED) is 0.803. The van der Waals surface area contributed by atoms with Crippen molar-refractivity contribution < 1.29 is 9.47 Å². The number of anilines is 3. The molecular weight excluding hydrogens is 380 g/mol. The van der Waals surface area contributed by atoms with E-state index in [9.17, 15) is 0 Å². The molecule has 0 radical (unpaired) electrons. The number of ether oxygens (including phenoxy) is 2. The smallest absolute Gasteiger partial charge is 0.225 e. The molecule has 0 amide bonds. The van der Waals surface area contributed by atoms with Crippen LogP contribution in [0.4, 0.5) is 17.5 Å². The highest BCUT2D eigenvalue weighted by molar-refractivity contribution is 5.61. The molecule has 8 nitrogen and oxygen atoms in total. The standard InChI is InChI=1S/C22H30N6O2/c1-15(2)28-20-18(30-14-22(28,3)4)13-24-21(26-20)25-16-7-10-27(11-8-16)17-6-9-23-19(12-17)29-5/h6,9,12-13,16H,1,7-8,10-11,14H2,2-5H3,(H,24,25,26). The van der Waals surface area contributed by atoms with Crippen LogP contribution < -0.4 is 24.6 Å². The van der Waals surface area contributed by atoms with Crippen LogP contribution in [0.5, 0.6) is 11.6 Å². The third kappa shape index (κ3) is 3.99. The molecule has 30 heavy (non-hydrogen) atoms. The van der Waals surface area contributed by atoms with Crippen LogP contribution in [0.1, 0.15) is 33.6 Å². The molecule has 0 aromatic carbocycles. The van der Waals surface area contributed by atoms with Crippen LogP contribution in [0.3, 0.4) is 0 Å². The number of nitrogens with one attached hydrogen (secondary N) is 1. The zero-order chi connectivity index (χ0) is 21.3. The van der Waals surface area contributed by atoms with Crippen LogP contribution in [0.15, 0.2) is 36.8 Å². The normalized spacial score (nSPS) is 18.4. The molecule has 0 atom stereocenters. The van der Waals surface area contributed by atoms with Crippen LogP contribution in [0, 0.1) is 0 Å². The zero-order valence-electron chi connectivity index (χ0n) is 18.2. The van der Waals surface area contributed by atoms with Crippen LogP contribution in [0.25, 0.3) is 0 Å². The monoisotopic (exact) mass is 410 g/mol. The summed E-state index contributed by atoms with van der Waals surface area (Å²) in [5, 5.41) is 3.51. The van der Waals surface area contributed by atoms with Gasteiger partial charge in [0.15, 0.2) is 11.6 Å². The van der Waals surface area contributed by atoms with Crippen molar-refractivity contribution in [1.29, 1.82) is 0 Å². The maximum atomic E-state index is 5.89. The van der Waals surface area contributed by atoms with Crippen molar-refractivity contribution in [2.75, 3.05) is 41.9 Å². The number of pyridine rings is 1. The second-order valence-electron chi connectivity index (χ2n) is 8.52. The largest absolute Gasteiger partial charge is 0.486 e. The Morgan fingerprint density at radius 3 is 2.77 bits per heavy atom. The molecule has 0 bridgehead atoms.